The Hall–Kier alpha value is -2.72. The van der Waals surface area contributed by atoms with E-state index in [0.717, 1.165) is 47.2 Å². The molecule has 10 heteroatoms. The van der Waals surface area contributed by atoms with Gasteiger partial charge in [-0.05, 0) is 25.0 Å². The zero-order chi connectivity index (χ0) is 25.1. The molecule has 33 heavy (non-hydrogen) atoms. The number of unbranched alkanes of at least 4 members (excludes halogenated alkanes) is 1. The van der Waals surface area contributed by atoms with Crippen LogP contribution in [0.5, 0.6) is 0 Å². The second kappa shape index (κ2) is 18.8. The Bertz CT molecular complexity index is 1130. The van der Waals surface area contributed by atoms with Gasteiger partial charge < -0.3 is 0 Å². The molecule has 4 rings (SSSR count). The summed E-state index contributed by atoms with van der Waals surface area (Å²) in [4.78, 5) is 9.66. The summed E-state index contributed by atoms with van der Waals surface area (Å²) in [6.45, 7) is 15.7. The Kier molecular flexibility index (Phi) is 17.3. The Balaban J connectivity index is 0.00000116. The van der Waals surface area contributed by atoms with Crippen LogP contribution in [0.25, 0.3) is 28.1 Å². The predicted molar refractivity (Wildman–Crippen MR) is 119 cm³/mol. The number of hydrogen-bond acceptors (Lipinski definition) is 4. The first-order chi connectivity index (χ1) is 16.3. The quantitative estimate of drug-likeness (QED) is 0.219. The summed E-state index contributed by atoms with van der Waals surface area (Å²) in [6, 6.07) is 18.0. The number of fused-ring (bicyclic) bond motifs is 1. The van der Waals surface area contributed by atoms with Crippen molar-refractivity contribution in [3.63, 3.8) is 0 Å². The molecule has 0 spiro atoms. The molecule has 0 bridgehead atoms. The van der Waals surface area contributed by atoms with Gasteiger partial charge >= 0.3 is 64.5 Å². The molecule has 4 aromatic rings. The van der Waals surface area contributed by atoms with Crippen molar-refractivity contribution in [2.45, 2.75) is 26.2 Å². The number of para-hydroxylation sites is 2. The van der Waals surface area contributed by atoms with Crippen LogP contribution in [0.3, 0.4) is 0 Å². The summed E-state index contributed by atoms with van der Waals surface area (Å²) in [5, 5.41) is 8.59. The number of halogens is 1. The molecule has 0 saturated carbocycles. The third-order valence-corrected chi connectivity index (χ3v) is 4.14. The first kappa shape index (κ1) is 30.3. The van der Waals surface area contributed by atoms with Crippen LogP contribution in [0.4, 0.5) is 0 Å². The van der Waals surface area contributed by atoms with E-state index in [1.54, 1.807) is 4.68 Å². The van der Waals surface area contributed by atoms with Crippen molar-refractivity contribution in [3.05, 3.63) is 86.4 Å². The van der Waals surface area contributed by atoms with Crippen molar-refractivity contribution >= 4 is 24.5 Å². The molecule has 0 radical (unpaired) electrons. The van der Waals surface area contributed by atoms with Crippen LogP contribution in [-0.2, 0) is 37.6 Å². The average molecular weight is 680 g/mol. The molecule has 2 heterocycles. The molecule has 0 atom stereocenters. The van der Waals surface area contributed by atoms with Crippen LogP contribution >= 0.6 is 13.4 Å². The molecule has 0 aliphatic rings. The summed E-state index contributed by atoms with van der Waals surface area (Å²) in [5.74, 6) is 0.708. The SMILES string of the molecule is CCCCc1cn(-c2nc3ccccc3nc2-c2ccccc2)nn1.[Br][Re].[C-]#[O+].[C-]#[O+].[C-]#[O+]. The molecule has 2 aromatic carbocycles. The van der Waals surface area contributed by atoms with Gasteiger partial charge in [0, 0.05) is 5.56 Å². The molecule has 0 fully saturated rings. The van der Waals surface area contributed by atoms with E-state index < -0.39 is 0 Å². The van der Waals surface area contributed by atoms with Gasteiger partial charge in [0.2, 0.25) is 0 Å². The number of aryl methyl sites for hydroxylation is 1. The number of benzene rings is 2. The Morgan fingerprint density at radius 2 is 1.39 bits per heavy atom. The molecule has 8 nitrogen and oxygen atoms in total. The Morgan fingerprint density at radius 3 is 1.97 bits per heavy atom. The van der Waals surface area contributed by atoms with E-state index in [2.05, 4.69) is 50.6 Å². The molecule has 168 valence electrons. The standard InChI is InChI=1S/C20H19N5.3CO.BrH.Re/c1-2-3-11-16-14-25(24-23-16)20-19(15-9-5-4-6-10-15)21-17-12-7-8-13-18(17)22-20;3*1-2;;/h4-10,12-14H,2-3,11H2,1H3;;;;1H;/q;;;;;+1/p-1. The molecule has 0 unspecified atom stereocenters. The van der Waals surface area contributed by atoms with Gasteiger partial charge in [-0.3, -0.25) is 0 Å². The molecular formula is C23H19BrN5O3Re. The minimum absolute atomic E-state index is 0.708. The number of rotatable bonds is 5. The van der Waals surface area contributed by atoms with Crippen LogP contribution in [0.1, 0.15) is 25.5 Å². The molecule has 0 amide bonds. The van der Waals surface area contributed by atoms with Gasteiger partial charge in [-0.2, -0.15) is 4.68 Å². The Labute approximate surface area is 209 Å². The van der Waals surface area contributed by atoms with Gasteiger partial charge in [-0.1, -0.05) is 61.0 Å². The van der Waals surface area contributed by atoms with E-state index in [9.17, 15) is 0 Å². The molecule has 0 aliphatic heterocycles. The monoisotopic (exact) mass is 679 g/mol. The summed E-state index contributed by atoms with van der Waals surface area (Å²) in [7, 11) is 0. The summed E-state index contributed by atoms with van der Waals surface area (Å²) in [6.07, 6.45) is 5.13. The van der Waals surface area contributed by atoms with Gasteiger partial charge in [0.1, 0.15) is 5.69 Å². The fourth-order valence-corrected chi connectivity index (χ4v) is 2.81. The van der Waals surface area contributed by atoms with Crippen LogP contribution in [0.2, 0.25) is 0 Å². The van der Waals surface area contributed by atoms with Gasteiger partial charge in [0.05, 0.1) is 22.9 Å². The van der Waals surface area contributed by atoms with E-state index in [0.29, 0.717) is 5.82 Å². The number of hydrogen-bond donors (Lipinski definition) is 0. The summed E-state index contributed by atoms with van der Waals surface area (Å²) in [5.41, 5.74) is 4.53. The second-order valence-corrected chi connectivity index (χ2v) is 6.01. The maximum absolute atomic E-state index is 7.50. The summed E-state index contributed by atoms with van der Waals surface area (Å²) >= 11 is 4.53. The van der Waals surface area contributed by atoms with Gasteiger partial charge in [-0.15, -0.1) is 5.10 Å². The molecule has 2 aromatic heterocycles. The maximum atomic E-state index is 7.50. The fraction of sp³-hybridized carbons (Fsp3) is 0.174. The zero-order valence-corrected chi connectivity index (χ0v) is 21.9. The second-order valence-electron chi connectivity index (χ2n) is 6.01. The first-order valence-electron chi connectivity index (χ1n) is 9.34. The van der Waals surface area contributed by atoms with E-state index in [1.165, 1.54) is 17.2 Å². The van der Waals surface area contributed by atoms with E-state index in [-0.39, 0.29) is 0 Å². The first-order valence-corrected chi connectivity index (χ1v) is 15.3. The topological polar surface area (TPSA) is 116 Å². The van der Waals surface area contributed by atoms with Gasteiger partial charge in [0.15, 0.2) is 5.82 Å². The normalized spacial score (nSPS) is 8.76. The van der Waals surface area contributed by atoms with Crippen LogP contribution in [-0.4, -0.2) is 25.0 Å². The zero-order valence-electron chi connectivity index (χ0n) is 17.6. The van der Waals surface area contributed by atoms with Crippen molar-refractivity contribution in [2.75, 3.05) is 0 Å². The van der Waals surface area contributed by atoms with Crippen LogP contribution in [0.15, 0.2) is 60.8 Å². The van der Waals surface area contributed by atoms with E-state index >= 15 is 0 Å². The molecule has 0 aliphatic carbocycles. The van der Waals surface area contributed by atoms with E-state index in [4.69, 9.17) is 23.9 Å². The Morgan fingerprint density at radius 1 is 0.848 bits per heavy atom. The minimum atomic E-state index is 0.708. The molecular weight excluding hydrogens is 660 g/mol. The van der Waals surface area contributed by atoms with Crippen molar-refractivity contribution in [2.24, 2.45) is 0 Å². The number of aromatic nitrogens is 5. The van der Waals surface area contributed by atoms with Crippen molar-refractivity contribution < 1.29 is 31.1 Å². The summed E-state index contributed by atoms with van der Waals surface area (Å²) < 4.78 is 24.2. The van der Waals surface area contributed by atoms with E-state index in [1.807, 2.05) is 60.8 Å². The predicted octanol–water partition coefficient (Wildman–Crippen LogP) is 4.95. The van der Waals surface area contributed by atoms with Crippen LogP contribution in [0, 0.1) is 20.0 Å². The van der Waals surface area contributed by atoms with Crippen molar-refractivity contribution in [1.29, 1.82) is 0 Å². The third-order valence-electron chi connectivity index (χ3n) is 4.14. The average Bonchev–Trinajstić information content (AvgIpc) is 3.41. The number of nitrogens with zero attached hydrogens (tertiary/aromatic N) is 5. The fourth-order valence-electron chi connectivity index (χ4n) is 2.81. The van der Waals surface area contributed by atoms with Crippen molar-refractivity contribution in [3.8, 4) is 17.1 Å². The van der Waals surface area contributed by atoms with Gasteiger partial charge in [-0.25, -0.2) is 9.97 Å². The molecule has 0 N–H and O–H groups in total. The molecule has 0 saturated heterocycles. The van der Waals surface area contributed by atoms with Gasteiger partial charge in [0.25, 0.3) is 0 Å². The van der Waals surface area contributed by atoms with Crippen molar-refractivity contribution in [1.82, 2.24) is 25.0 Å². The third kappa shape index (κ3) is 8.97. The van der Waals surface area contributed by atoms with Crippen LogP contribution < -0.4 is 0 Å².